The maximum Gasteiger partial charge on any atom is 0.227 e. The Kier molecular flexibility index (Phi) is 4.75. The van der Waals surface area contributed by atoms with Crippen molar-refractivity contribution in [2.45, 2.75) is 19.8 Å². The van der Waals surface area contributed by atoms with E-state index in [4.69, 9.17) is 4.74 Å². The molecular formula is C13H22N4O. The van der Waals surface area contributed by atoms with Crippen molar-refractivity contribution in [1.29, 1.82) is 0 Å². The Labute approximate surface area is 109 Å². The van der Waals surface area contributed by atoms with E-state index in [9.17, 15) is 0 Å². The van der Waals surface area contributed by atoms with Gasteiger partial charge < -0.3 is 15.0 Å². The summed E-state index contributed by atoms with van der Waals surface area (Å²) < 4.78 is 5.62. The van der Waals surface area contributed by atoms with Crippen molar-refractivity contribution in [3.05, 3.63) is 12.3 Å². The summed E-state index contributed by atoms with van der Waals surface area (Å²) >= 11 is 0. The molecule has 1 fully saturated rings. The van der Waals surface area contributed by atoms with Crippen LogP contribution in [0.1, 0.15) is 19.8 Å². The summed E-state index contributed by atoms with van der Waals surface area (Å²) in [5, 5.41) is 3.04. The van der Waals surface area contributed by atoms with Crippen LogP contribution in [0.4, 0.5) is 11.8 Å². The zero-order chi connectivity index (χ0) is 12.8. The van der Waals surface area contributed by atoms with Crippen LogP contribution < -0.4 is 10.2 Å². The van der Waals surface area contributed by atoms with Gasteiger partial charge >= 0.3 is 0 Å². The number of hydrogen-bond acceptors (Lipinski definition) is 5. The van der Waals surface area contributed by atoms with E-state index in [1.807, 2.05) is 13.1 Å². The third kappa shape index (κ3) is 3.32. The molecule has 1 aromatic heterocycles. The summed E-state index contributed by atoms with van der Waals surface area (Å²) in [6.07, 6.45) is 4.05. The van der Waals surface area contributed by atoms with Crippen molar-refractivity contribution in [3.8, 4) is 0 Å². The highest BCUT2D eigenvalue weighted by Gasteiger charge is 2.24. The van der Waals surface area contributed by atoms with Crippen molar-refractivity contribution >= 4 is 11.8 Å². The van der Waals surface area contributed by atoms with E-state index in [1.54, 1.807) is 6.20 Å². The topological polar surface area (TPSA) is 50.3 Å². The lowest BCUT2D eigenvalue weighted by Gasteiger charge is -2.16. The van der Waals surface area contributed by atoms with Crippen molar-refractivity contribution < 1.29 is 4.74 Å². The van der Waals surface area contributed by atoms with Gasteiger partial charge in [0.2, 0.25) is 5.95 Å². The number of anilines is 2. The zero-order valence-electron chi connectivity index (χ0n) is 11.2. The fourth-order valence-corrected chi connectivity index (χ4v) is 2.18. The number of ether oxygens (including phenoxy) is 1. The molecule has 0 radical (unpaired) electrons. The monoisotopic (exact) mass is 250 g/mol. The first-order chi connectivity index (χ1) is 8.83. The van der Waals surface area contributed by atoms with Crippen LogP contribution in [-0.4, -0.2) is 43.3 Å². The minimum atomic E-state index is 0.610. The summed E-state index contributed by atoms with van der Waals surface area (Å²) in [5.41, 5.74) is 0. The van der Waals surface area contributed by atoms with Gasteiger partial charge in [-0.15, -0.1) is 0 Å². The molecule has 0 unspecified atom stereocenters. The van der Waals surface area contributed by atoms with E-state index in [0.29, 0.717) is 5.92 Å². The fraction of sp³-hybridized carbons (Fsp3) is 0.692. The summed E-state index contributed by atoms with van der Waals surface area (Å²) in [4.78, 5) is 11.0. The minimum absolute atomic E-state index is 0.610. The molecule has 5 nitrogen and oxygen atoms in total. The van der Waals surface area contributed by atoms with E-state index in [0.717, 1.165) is 50.9 Å². The van der Waals surface area contributed by atoms with Gasteiger partial charge in [-0.25, -0.2) is 4.98 Å². The lowest BCUT2D eigenvalue weighted by Crippen LogP contribution is -2.23. The predicted octanol–water partition coefficient (Wildman–Crippen LogP) is 1.77. The molecule has 0 bridgehead atoms. The lowest BCUT2D eigenvalue weighted by molar-refractivity contribution is 0.106. The van der Waals surface area contributed by atoms with Gasteiger partial charge in [-0.1, -0.05) is 6.92 Å². The summed E-state index contributed by atoms with van der Waals surface area (Å²) in [6.45, 7) is 5.88. The Hall–Kier alpha value is -1.36. The maximum absolute atomic E-state index is 5.62. The van der Waals surface area contributed by atoms with E-state index in [2.05, 4.69) is 27.1 Å². The van der Waals surface area contributed by atoms with Crippen LogP contribution in [0.15, 0.2) is 12.3 Å². The average molecular weight is 250 g/mol. The smallest absolute Gasteiger partial charge is 0.227 e. The van der Waals surface area contributed by atoms with Gasteiger partial charge in [0.15, 0.2) is 0 Å². The summed E-state index contributed by atoms with van der Waals surface area (Å²) in [7, 11) is 1.87. The molecule has 1 aliphatic heterocycles. The Morgan fingerprint density at radius 1 is 1.56 bits per heavy atom. The molecule has 1 saturated heterocycles. The van der Waals surface area contributed by atoms with Gasteiger partial charge in [0.1, 0.15) is 5.82 Å². The largest absolute Gasteiger partial charge is 0.381 e. The molecular weight excluding hydrogens is 228 g/mol. The highest BCUT2D eigenvalue weighted by molar-refractivity contribution is 5.41. The third-order valence-corrected chi connectivity index (χ3v) is 3.17. The molecule has 100 valence electrons. The first-order valence-corrected chi connectivity index (χ1v) is 6.67. The second-order valence-electron chi connectivity index (χ2n) is 4.67. The van der Waals surface area contributed by atoms with Crippen molar-refractivity contribution in [1.82, 2.24) is 9.97 Å². The van der Waals surface area contributed by atoms with Crippen LogP contribution in [0.2, 0.25) is 0 Å². The summed E-state index contributed by atoms with van der Waals surface area (Å²) in [5.74, 6) is 2.30. The van der Waals surface area contributed by atoms with Crippen LogP contribution in [0, 0.1) is 5.92 Å². The first kappa shape index (κ1) is 13.1. The van der Waals surface area contributed by atoms with E-state index in [1.165, 1.54) is 0 Å². The van der Waals surface area contributed by atoms with Gasteiger partial charge in [0.25, 0.3) is 0 Å². The molecule has 1 aliphatic rings. The summed E-state index contributed by atoms with van der Waals surface area (Å²) in [6, 6.07) is 1.88. The standard InChI is InChI=1S/C13H22N4O/c1-3-8-18-10-11-5-7-17(9-11)13-15-6-4-12(14-2)16-13/h4,6,11H,3,5,7-10H2,1-2H3,(H,14,15,16)/t11-/m1/s1. The van der Waals surface area contributed by atoms with Crippen LogP contribution in [0.5, 0.6) is 0 Å². The Morgan fingerprint density at radius 2 is 2.44 bits per heavy atom. The van der Waals surface area contributed by atoms with Crippen molar-refractivity contribution in [2.24, 2.45) is 5.92 Å². The van der Waals surface area contributed by atoms with Gasteiger partial charge in [-0.05, 0) is 18.9 Å². The zero-order valence-corrected chi connectivity index (χ0v) is 11.2. The molecule has 0 spiro atoms. The van der Waals surface area contributed by atoms with Crippen LogP contribution in [0.3, 0.4) is 0 Å². The predicted molar refractivity (Wildman–Crippen MR) is 73.0 cm³/mol. The van der Waals surface area contributed by atoms with Gasteiger partial charge in [0.05, 0.1) is 6.61 Å². The Morgan fingerprint density at radius 3 is 3.22 bits per heavy atom. The molecule has 0 saturated carbocycles. The van der Waals surface area contributed by atoms with E-state index >= 15 is 0 Å². The van der Waals surface area contributed by atoms with Gasteiger partial charge in [-0.3, -0.25) is 0 Å². The molecule has 2 heterocycles. The molecule has 1 aromatic rings. The molecule has 18 heavy (non-hydrogen) atoms. The Bertz CT molecular complexity index is 372. The number of nitrogens with one attached hydrogen (secondary N) is 1. The second kappa shape index (κ2) is 6.54. The van der Waals surface area contributed by atoms with Gasteiger partial charge in [-0.2, -0.15) is 4.98 Å². The highest BCUT2D eigenvalue weighted by atomic mass is 16.5. The SMILES string of the molecule is CCCOC[C@@H]1CCN(c2nccc(NC)n2)C1. The number of rotatable bonds is 6. The molecule has 2 rings (SSSR count). The second-order valence-corrected chi connectivity index (χ2v) is 4.67. The highest BCUT2D eigenvalue weighted by Crippen LogP contribution is 2.21. The molecule has 0 amide bonds. The minimum Gasteiger partial charge on any atom is -0.381 e. The van der Waals surface area contributed by atoms with Crippen molar-refractivity contribution in [3.63, 3.8) is 0 Å². The van der Waals surface area contributed by atoms with Crippen LogP contribution >= 0.6 is 0 Å². The molecule has 0 aromatic carbocycles. The quantitative estimate of drug-likeness (QED) is 0.780. The Balaban J connectivity index is 1.87. The number of hydrogen-bond donors (Lipinski definition) is 1. The van der Waals surface area contributed by atoms with E-state index in [-0.39, 0.29) is 0 Å². The normalized spacial score (nSPS) is 19.2. The number of aromatic nitrogens is 2. The van der Waals surface area contributed by atoms with E-state index < -0.39 is 0 Å². The molecule has 1 N–H and O–H groups in total. The van der Waals surface area contributed by atoms with Crippen LogP contribution in [-0.2, 0) is 4.74 Å². The fourth-order valence-electron chi connectivity index (χ4n) is 2.18. The average Bonchev–Trinajstić information content (AvgIpc) is 2.88. The molecule has 0 aliphatic carbocycles. The molecule has 5 heteroatoms. The third-order valence-electron chi connectivity index (χ3n) is 3.17. The lowest BCUT2D eigenvalue weighted by atomic mass is 10.1. The van der Waals surface area contributed by atoms with Crippen LogP contribution in [0.25, 0.3) is 0 Å². The molecule has 1 atom stereocenters. The maximum atomic E-state index is 5.62. The van der Waals surface area contributed by atoms with Crippen molar-refractivity contribution in [2.75, 3.05) is 43.6 Å². The number of nitrogens with zero attached hydrogens (tertiary/aromatic N) is 3. The first-order valence-electron chi connectivity index (χ1n) is 6.67. The van der Waals surface area contributed by atoms with Gasteiger partial charge in [0, 0.05) is 38.9 Å².